The minimum Gasteiger partial charge on any atom is -0.475 e. The van der Waals surface area contributed by atoms with Crippen LogP contribution < -0.4 is 10.1 Å². The van der Waals surface area contributed by atoms with E-state index >= 15 is 0 Å². The molecule has 1 saturated carbocycles. The highest BCUT2D eigenvalue weighted by Crippen LogP contribution is 2.36. The van der Waals surface area contributed by atoms with Gasteiger partial charge in [-0.3, -0.25) is 0 Å². The molecule has 1 aromatic rings. The Morgan fingerprint density at radius 3 is 2.76 bits per heavy atom. The third-order valence-electron chi connectivity index (χ3n) is 4.47. The molecule has 1 aliphatic carbocycles. The molecule has 1 atom stereocenters. The number of benzene rings is 1. The normalized spacial score (nSPS) is 24.4. The standard InChI is InChI=1S/C17H23NO3/c1-17(2)9-7-12(8-10-17)20-16(19)15-11-18-13-5-3-4-6-14(13)21-15/h3-6,12,15,18H,7-11H2,1-2H3. The summed E-state index contributed by atoms with van der Waals surface area (Å²) in [6, 6.07) is 7.65. The van der Waals surface area contributed by atoms with E-state index in [0.29, 0.717) is 12.0 Å². The zero-order chi connectivity index (χ0) is 14.9. The number of hydrogen-bond donors (Lipinski definition) is 1. The van der Waals surface area contributed by atoms with Crippen LogP contribution in [-0.4, -0.2) is 24.7 Å². The molecule has 0 spiro atoms. The summed E-state index contributed by atoms with van der Waals surface area (Å²) in [7, 11) is 0. The third-order valence-corrected chi connectivity index (χ3v) is 4.47. The second-order valence-corrected chi connectivity index (χ2v) is 6.78. The number of nitrogens with one attached hydrogen (secondary N) is 1. The first-order chi connectivity index (χ1) is 10.0. The third kappa shape index (κ3) is 3.31. The van der Waals surface area contributed by atoms with Gasteiger partial charge < -0.3 is 14.8 Å². The van der Waals surface area contributed by atoms with Crippen LogP contribution in [0.3, 0.4) is 0 Å². The van der Waals surface area contributed by atoms with Crippen LogP contribution >= 0.6 is 0 Å². The molecule has 114 valence electrons. The predicted octanol–water partition coefficient (Wildman–Crippen LogP) is 3.37. The molecule has 2 aliphatic rings. The van der Waals surface area contributed by atoms with Gasteiger partial charge in [0.25, 0.3) is 0 Å². The summed E-state index contributed by atoms with van der Waals surface area (Å²) in [5, 5.41) is 3.22. The van der Waals surface area contributed by atoms with E-state index in [-0.39, 0.29) is 12.1 Å². The maximum atomic E-state index is 12.3. The van der Waals surface area contributed by atoms with Crippen LogP contribution in [0.4, 0.5) is 5.69 Å². The Morgan fingerprint density at radius 1 is 1.29 bits per heavy atom. The van der Waals surface area contributed by atoms with Crippen molar-refractivity contribution < 1.29 is 14.3 Å². The summed E-state index contributed by atoms with van der Waals surface area (Å²) >= 11 is 0. The van der Waals surface area contributed by atoms with Gasteiger partial charge in [0.1, 0.15) is 11.9 Å². The summed E-state index contributed by atoms with van der Waals surface area (Å²) in [5.74, 6) is 0.470. The van der Waals surface area contributed by atoms with Gasteiger partial charge in [0.2, 0.25) is 6.10 Å². The Hall–Kier alpha value is -1.71. The number of para-hydroxylation sites is 2. The Morgan fingerprint density at radius 2 is 2.00 bits per heavy atom. The highest BCUT2D eigenvalue weighted by molar-refractivity contribution is 5.78. The van der Waals surface area contributed by atoms with Gasteiger partial charge in [0.15, 0.2) is 0 Å². The van der Waals surface area contributed by atoms with E-state index in [1.165, 1.54) is 0 Å². The maximum Gasteiger partial charge on any atom is 0.349 e. The molecule has 0 saturated heterocycles. The number of rotatable bonds is 2. The monoisotopic (exact) mass is 289 g/mol. The number of carbonyl (C=O) groups excluding carboxylic acids is 1. The van der Waals surface area contributed by atoms with Crippen LogP contribution in [0.15, 0.2) is 24.3 Å². The number of ether oxygens (including phenoxy) is 2. The zero-order valence-electron chi connectivity index (χ0n) is 12.7. The van der Waals surface area contributed by atoms with Gasteiger partial charge in [-0.05, 0) is 43.2 Å². The van der Waals surface area contributed by atoms with Gasteiger partial charge in [-0.2, -0.15) is 0 Å². The SMILES string of the molecule is CC1(C)CCC(OC(=O)C2CNc3ccccc3O2)CC1. The summed E-state index contributed by atoms with van der Waals surface area (Å²) in [5.41, 5.74) is 1.31. The van der Waals surface area contributed by atoms with Crippen molar-refractivity contribution in [2.75, 3.05) is 11.9 Å². The Bertz CT molecular complexity index is 517. The summed E-state index contributed by atoms with van der Waals surface area (Å²) in [6.45, 7) is 5.01. The molecule has 0 amide bonds. The Kier molecular flexibility index (Phi) is 3.79. The molecule has 1 aromatic carbocycles. The van der Waals surface area contributed by atoms with Gasteiger partial charge in [-0.15, -0.1) is 0 Å². The van der Waals surface area contributed by atoms with Crippen molar-refractivity contribution in [2.24, 2.45) is 5.41 Å². The van der Waals surface area contributed by atoms with E-state index in [4.69, 9.17) is 9.47 Å². The number of carbonyl (C=O) groups is 1. The van der Waals surface area contributed by atoms with Crippen molar-refractivity contribution in [3.05, 3.63) is 24.3 Å². The second kappa shape index (κ2) is 5.58. The number of fused-ring (bicyclic) bond motifs is 1. The molecular weight excluding hydrogens is 266 g/mol. The summed E-state index contributed by atoms with van der Waals surface area (Å²) < 4.78 is 11.4. The molecule has 4 nitrogen and oxygen atoms in total. The van der Waals surface area contributed by atoms with Gasteiger partial charge in [-0.25, -0.2) is 4.79 Å². The minimum absolute atomic E-state index is 0.0475. The van der Waals surface area contributed by atoms with E-state index in [1.807, 2.05) is 24.3 Å². The number of anilines is 1. The molecule has 0 radical (unpaired) electrons. The predicted molar refractivity (Wildman–Crippen MR) is 81.5 cm³/mol. The van der Waals surface area contributed by atoms with Crippen molar-refractivity contribution >= 4 is 11.7 Å². The van der Waals surface area contributed by atoms with Gasteiger partial charge in [0.05, 0.1) is 12.2 Å². The lowest BCUT2D eigenvalue weighted by atomic mass is 9.76. The molecular formula is C17H23NO3. The first-order valence-electron chi connectivity index (χ1n) is 7.74. The van der Waals surface area contributed by atoms with E-state index in [2.05, 4.69) is 19.2 Å². The molecule has 0 aromatic heterocycles. The van der Waals surface area contributed by atoms with Crippen LogP contribution in [0.1, 0.15) is 39.5 Å². The smallest absolute Gasteiger partial charge is 0.349 e. The lowest BCUT2D eigenvalue weighted by Gasteiger charge is -2.34. The van der Waals surface area contributed by atoms with E-state index in [0.717, 1.165) is 37.1 Å². The molecule has 1 N–H and O–H groups in total. The highest BCUT2D eigenvalue weighted by atomic mass is 16.6. The quantitative estimate of drug-likeness (QED) is 0.848. The van der Waals surface area contributed by atoms with Crippen LogP contribution in [0, 0.1) is 5.41 Å². The molecule has 1 unspecified atom stereocenters. The topological polar surface area (TPSA) is 47.6 Å². The molecule has 1 heterocycles. The second-order valence-electron chi connectivity index (χ2n) is 6.78. The molecule has 1 aliphatic heterocycles. The molecule has 0 bridgehead atoms. The molecule has 21 heavy (non-hydrogen) atoms. The van der Waals surface area contributed by atoms with Crippen molar-refractivity contribution in [3.8, 4) is 5.75 Å². The fraction of sp³-hybridized carbons (Fsp3) is 0.588. The van der Waals surface area contributed by atoms with Crippen molar-refractivity contribution in [2.45, 2.75) is 51.7 Å². The summed E-state index contributed by atoms with van der Waals surface area (Å²) in [4.78, 5) is 12.3. The van der Waals surface area contributed by atoms with Gasteiger partial charge in [0, 0.05) is 0 Å². The van der Waals surface area contributed by atoms with Crippen LogP contribution in [-0.2, 0) is 9.53 Å². The van der Waals surface area contributed by atoms with Crippen LogP contribution in [0.2, 0.25) is 0 Å². The number of esters is 1. The van der Waals surface area contributed by atoms with E-state index in [9.17, 15) is 4.79 Å². The van der Waals surface area contributed by atoms with Crippen molar-refractivity contribution in [1.29, 1.82) is 0 Å². The fourth-order valence-electron chi connectivity index (χ4n) is 2.98. The lowest BCUT2D eigenvalue weighted by Crippen LogP contribution is -2.41. The Labute approximate surface area is 125 Å². The van der Waals surface area contributed by atoms with E-state index < -0.39 is 6.10 Å². The van der Waals surface area contributed by atoms with Crippen LogP contribution in [0.25, 0.3) is 0 Å². The fourth-order valence-corrected chi connectivity index (χ4v) is 2.98. The zero-order valence-corrected chi connectivity index (χ0v) is 12.7. The minimum atomic E-state index is -0.546. The lowest BCUT2D eigenvalue weighted by molar-refractivity contribution is -0.159. The maximum absolute atomic E-state index is 12.3. The highest BCUT2D eigenvalue weighted by Gasteiger charge is 2.32. The van der Waals surface area contributed by atoms with Crippen molar-refractivity contribution in [1.82, 2.24) is 0 Å². The molecule has 3 rings (SSSR count). The molecule has 4 heteroatoms. The average molecular weight is 289 g/mol. The number of hydrogen-bond acceptors (Lipinski definition) is 4. The first-order valence-corrected chi connectivity index (χ1v) is 7.74. The largest absolute Gasteiger partial charge is 0.475 e. The van der Waals surface area contributed by atoms with Gasteiger partial charge >= 0.3 is 5.97 Å². The molecule has 1 fully saturated rings. The summed E-state index contributed by atoms with van der Waals surface area (Å²) in [6.07, 6.45) is 3.63. The van der Waals surface area contributed by atoms with E-state index in [1.54, 1.807) is 0 Å². The first kappa shape index (κ1) is 14.2. The van der Waals surface area contributed by atoms with Gasteiger partial charge in [-0.1, -0.05) is 26.0 Å². The Balaban J connectivity index is 1.55. The average Bonchev–Trinajstić information content (AvgIpc) is 2.49. The van der Waals surface area contributed by atoms with Crippen LogP contribution in [0.5, 0.6) is 5.75 Å². The van der Waals surface area contributed by atoms with Crippen molar-refractivity contribution in [3.63, 3.8) is 0 Å².